The predicted molar refractivity (Wildman–Crippen MR) is 59.6 cm³/mol. The van der Waals surface area contributed by atoms with E-state index in [2.05, 4.69) is 44.7 Å². The van der Waals surface area contributed by atoms with Crippen molar-refractivity contribution in [3.63, 3.8) is 0 Å². The highest BCUT2D eigenvalue weighted by atomic mass is 15.1. The molecule has 13 heavy (non-hydrogen) atoms. The molecule has 0 aromatic rings. The number of terminal acetylenes is 1. The summed E-state index contributed by atoms with van der Waals surface area (Å²) in [7, 11) is 2.10. The van der Waals surface area contributed by atoms with Crippen molar-refractivity contribution < 1.29 is 0 Å². The van der Waals surface area contributed by atoms with Crippen LogP contribution in [-0.4, -0.2) is 24.5 Å². The summed E-state index contributed by atoms with van der Waals surface area (Å²) in [5, 5.41) is 0. The molecule has 0 amide bonds. The van der Waals surface area contributed by atoms with Crippen molar-refractivity contribution in [3.05, 3.63) is 11.6 Å². The fourth-order valence-electron chi connectivity index (χ4n) is 0.939. The van der Waals surface area contributed by atoms with Gasteiger partial charge in [-0.3, -0.25) is 4.90 Å². The predicted octanol–water partition coefficient (Wildman–Crippen LogP) is 2.69. The Kier molecular flexibility index (Phi) is 6.36. The molecule has 0 aromatic carbocycles. The van der Waals surface area contributed by atoms with Gasteiger partial charge in [0.25, 0.3) is 0 Å². The molecule has 1 nitrogen and oxygen atoms in total. The molecule has 0 spiro atoms. The Balaban J connectivity index is 4.07. The summed E-state index contributed by atoms with van der Waals surface area (Å²) in [5.41, 5.74) is 1.11. The van der Waals surface area contributed by atoms with E-state index in [1.165, 1.54) is 0 Å². The van der Waals surface area contributed by atoms with Crippen LogP contribution >= 0.6 is 0 Å². The van der Waals surface area contributed by atoms with Gasteiger partial charge in [-0.2, -0.15) is 0 Å². The largest absolute Gasteiger partial charge is 0.299 e. The number of likely N-dealkylation sites (N-methyl/N-ethyl adjacent to an activating group) is 1. The summed E-state index contributed by atoms with van der Waals surface area (Å²) in [6.45, 7) is 7.41. The van der Waals surface area contributed by atoms with Gasteiger partial charge in [0.2, 0.25) is 0 Å². The third-order valence-corrected chi connectivity index (χ3v) is 2.17. The molecule has 0 atom stereocenters. The maximum Gasteiger partial charge on any atom is 0.0309 e. The van der Waals surface area contributed by atoms with Crippen molar-refractivity contribution in [1.82, 2.24) is 4.90 Å². The maximum atomic E-state index is 5.42. The number of allylic oxidation sites excluding steroid dienone is 1. The molecule has 1 heteroatoms. The number of rotatable bonds is 5. The molecule has 0 rings (SSSR count). The van der Waals surface area contributed by atoms with E-state index in [1.807, 2.05) is 0 Å². The van der Waals surface area contributed by atoms with E-state index in [0.717, 1.165) is 25.0 Å². The SMILES string of the molecule is C#C/C(=C\CCC)CN(C)C(C)C. The highest BCUT2D eigenvalue weighted by Gasteiger charge is 2.03. The first-order chi connectivity index (χ1) is 6.11. The molecule has 0 aliphatic heterocycles. The van der Waals surface area contributed by atoms with Gasteiger partial charge in [-0.05, 0) is 27.3 Å². The summed E-state index contributed by atoms with van der Waals surface area (Å²) in [5.74, 6) is 2.74. The van der Waals surface area contributed by atoms with Gasteiger partial charge in [0.05, 0.1) is 0 Å². The topological polar surface area (TPSA) is 3.24 Å². The van der Waals surface area contributed by atoms with Gasteiger partial charge in [-0.1, -0.05) is 25.3 Å². The van der Waals surface area contributed by atoms with E-state index in [0.29, 0.717) is 6.04 Å². The first-order valence-corrected chi connectivity index (χ1v) is 4.97. The Hall–Kier alpha value is -0.740. The molecule has 0 aliphatic rings. The standard InChI is InChI=1S/C12H21N/c1-6-8-9-12(7-2)10-13(5)11(3)4/h2,9,11H,6,8,10H2,1,3-5H3/b12-9+. The lowest BCUT2D eigenvalue weighted by Gasteiger charge is -2.20. The molecule has 0 saturated carbocycles. The van der Waals surface area contributed by atoms with Gasteiger partial charge in [0.1, 0.15) is 0 Å². The molecule has 0 N–H and O–H groups in total. The Morgan fingerprint density at radius 1 is 1.54 bits per heavy atom. The quantitative estimate of drug-likeness (QED) is 0.586. The van der Waals surface area contributed by atoms with Crippen LogP contribution in [0, 0.1) is 12.3 Å². The van der Waals surface area contributed by atoms with E-state index in [4.69, 9.17) is 6.42 Å². The zero-order chi connectivity index (χ0) is 10.3. The number of nitrogens with zero attached hydrogens (tertiary/aromatic N) is 1. The van der Waals surface area contributed by atoms with Crippen LogP contribution in [0.3, 0.4) is 0 Å². The summed E-state index contributed by atoms with van der Waals surface area (Å²) >= 11 is 0. The molecule has 0 heterocycles. The average molecular weight is 179 g/mol. The normalized spacial score (nSPS) is 12.2. The molecule has 0 saturated heterocycles. The van der Waals surface area contributed by atoms with Crippen LogP contribution in [0.25, 0.3) is 0 Å². The van der Waals surface area contributed by atoms with Gasteiger partial charge in [-0.15, -0.1) is 6.42 Å². The monoisotopic (exact) mass is 179 g/mol. The Morgan fingerprint density at radius 2 is 2.15 bits per heavy atom. The van der Waals surface area contributed by atoms with Crippen LogP contribution < -0.4 is 0 Å². The summed E-state index contributed by atoms with van der Waals surface area (Å²) in [6, 6.07) is 0.554. The van der Waals surface area contributed by atoms with E-state index >= 15 is 0 Å². The van der Waals surface area contributed by atoms with Crippen LogP contribution in [-0.2, 0) is 0 Å². The third-order valence-electron chi connectivity index (χ3n) is 2.17. The van der Waals surface area contributed by atoms with Crippen LogP contribution in [0.4, 0.5) is 0 Å². The van der Waals surface area contributed by atoms with E-state index in [1.54, 1.807) is 0 Å². The zero-order valence-corrected chi connectivity index (χ0v) is 9.30. The first kappa shape index (κ1) is 12.3. The molecule has 0 fully saturated rings. The lowest BCUT2D eigenvalue weighted by atomic mass is 10.2. The fraction of sp³-hybridized carbons (Fsp3) is 0.667. The minimum absolute atomic E-state index is 0.554. The Bertz CT molecular complexity index is 196. The summed E-state index contributed by atoms with van der Waals surface area (Å²) < 4.78 is 0. The molecule has 0 aromatic heterocycles. The van der Waals surface area contributed by atoms with Crippen LogP contribution in [0.15, 0.2) is 11.6 Å². The number of hydrogen-bond acceptors (Lipinski definition) is 1. The molecular weight excluding hydrogens is 158 g/mol. The molecule has 74 valence electrons. The molecular formula is C12H21N. The highest BCUT2D eigenvalue weighted by Crippen LogP contribution is 2.02. The van der Waals surface area contributed by atoms with Crippen molar-refractivity contribution in [2.24, 2.45) is 0 Å². The van der Waals surface area contributed by atoms with Gasteiger partial charge in [0.15, 0.2) is 0 Å². The van der Waals surface area contributed by atoms with Crippen molar-refractivity contribution >= 4 is 0 Å². The highest BCUT2D eigenvalue weighted by molar-refractivity contribution is 5.26. The maximum absolute atomic E-state index is 5.42. The Labute approximate surface area is 82.8 Å². The van der Waals surface area contributed by atoms with E-state index < -0.39 is 0 Å². The minimum Gasteiger partial charge on any atom is -0.299 e. The summed E-state index contributed by atoms with van der Waals surface area (Å²) in [4.78, 5) is 2.25. The molecule has 0 radical (unpaired) electrons. The second kappa shape index (κ2) is 6.74. The van der Waals surface area contributed by atoms with E-state index in [9.17, 15) is 0 Å². The zero-order valence-electron chi connectivity index (χ0n) is 9.30. The second-order valence-corrected chi connectivity index (χ2v) is 3.67. The van der Waals surface area contributed by atoms with Gasteiger partial charge in [0, 0.05) is 18.2 Å². The van der Waals surface area contributed by atoms with Crippen molar-refractivity contribution in [2.75, 3.05) is 13.6 Å². The lowest BCUT2D eigenvalue weighted by Crippen LogP contribution is -2.28. The lowest BCUT2D eigenvalue weighted by molar-refractivity contribution is 0.299. The number of hydrogen-bond donors (Lipinski definition) is 0. The van der Waals surface area contributed by atoms with Gasteiger partial charge >= 0.3 is 0 Å². The van der Waals surface area contributed by atoms with Crippen molar-refractivity contribution in [3.8, 4) is 12.3 Å². The van der Waals surface area contributed by atoms with Crippen molar-refractivity contribution in [1.29, 1.82) is 0 Å². The molecule has 0 bridgehead atoms. The third kappa shape index (κ3) is 5.49. The Morgan fingerprint density at radius 3 is 2.54 bits per heavy atom. The molecule has 0 unspecified atom stereocenters. The van der Waals surface area contributed by atoms with Gasteiger partial charge in [-0.25, -0.2) is 0 Å². The smallest absolute Gasteiger partial charge is 0.0309 e. The van der Waals surface area contributed by atoms with Crippen LogP contribution in [0.5, 0.6) is 0 Å². The summed E-state index contributed by atoms with van der Waals surface area (Å²) in [6.07, 6.45) is 9.83. The van der Waals surface area contributed by atoms with E-state index in [-0.39, 0.29) is 0 Å². The van der Waals surface area contributed by atoms with Crippen LogP contribution in [0.2, 0.25) is 0 Å². The van der Waals surface area contributed by atoms with Crippen molar-refractivity contribution in [2.45, 2.75) is 39.7 Å². The molecule has 0 aliphatic carbocycles. The fourth-order valence-corrected chi connectivity index (χ4v) is 0.939. The average Bonchev–Trinajstić information content (AvgIpc) is 2.11. The first-order valence-electron chi connectivity index (χ1n) is 4.97. The second-order valence-electron chi connectivity index (χ2n) is 3.67. The van der Waals surface area contributed by atoms with Crippen LogP contribution in [0.1, 0.15) is 33.6 Å². The van der Waals surface area contributed by atoms with Gasteiger partial charge < -0.3 is 0 Å². The minimum atomic E-state index is 0.554. The number of unbranched alkanes of at least 4 members (excludes halogenated alkanes) is 1.